The Morgan fingerprint density at radius 2 is 1.69 bits per heavy atom. The Morgan fingerprint density at radius 1 is 1.03 bits per heavy atom. The Labute approximate surface area is 170 Å². The zero-order valence-electron chi connectivity index (χ0n) is 16.2. The number of esters is 1. The summed E-state index contributed by atoms with van der Waals surface area (Å²) in [6.07, 6.45) is -0.237. The lowest BCUT2D eigenvalue weighted by Gasteiger charge is -2.36. The molecule has 2 aliphatic heterocycles. The molecule has 0 N–H and O–H groups in total. The van der Waals surface area contributed by atoms with Crippen molar-refractivity contribution in [3.05, 3.63) is 65.7 Å². The van der Waals surface area contributed by atoms with Crippen LogP contribution in [0.4, 0.5) is 0 Å². The number of carbonyl (C=O) groups is 1. The van der Waals surface area contributed by atoms with Crippen molar-refractivity contribution in [1.82, 2.24) is 9.80 Å². The number of hydrogen-bond donors (Lipinski definition) is 0. The monoisotopic (exact) mass is 413 g/mol. The van der Waals surface area contributed by atoms with Gasteiger partial charge in [0.2, 0.25) is 0 Å². The molecular weight excluding hydrogens is 390 g/mol. The largest absolute Gasteiger partial charge is 0.458 e. The molecule has 0 aliphatic carbocycles. The van der Waals surface area contributed by atoms with Crippen molar-refractivity contribution in [3.8, 4) is 0 Å². The Hall–Kier alpha value is -2.71. The summed E-state index contributed by atoms with van der Waals surface area (Å²) in [6.45, 7) is 5.35. The van der Waals surface area contributed by atoms with E-state index in [-0.39, 0.29) is 17.0 Å². The molecule has 0 bridgehead atoms. The number of hydrogen-bond acceptors (Lipinski definition) is 6. The summed E-state index contributed by atoms with van der Waals surface area (Å²) < 4.78 is 34.1. The average molecular weight is 413 g/mol. The number of fused-ring (bicyclic) bond motifs is 1. The first-order valence-electron chi connectivity index (χ1n) is 9.62. The summed E-state index contributed by atoms with van der Waals surface area (Å²) in [5.41, 5.74) is 1.22. The molecule has 1 atom stereocenters. The van der Waals surface area contributed by atoms with E-state index in [1.165, 1.54) is 0 Å². The van der Waals surface area contributed by atoms with Crippen molar-refractivity contribution in [3.63, 3.8) is 0 Å². The minimum absolute atomic E-state index is 0.237. The second-order valence-corrected chi connectivity index (χ2v) is 8.83. The molecule has 0 spiro atoms. The van der Waals surface area contributed by atoms with Gasteiger partial charge in [0.25, 0.3) is 10.0 Å². The molecule has 2 aromatic rings. The highest BCUT2D eigenvalue weighted by Crippen LogP contribution is 2.27. The first-order valence-corrected chi connectivity index (χ1v) is 11.1. The Bertz CT molecular complexity index is 1030. The molecule has 7 nitrogen and oxygen atoms in total. The van der Waals surface area contributed by atoms with Crippen LogP contribution >= 0.6 is 0 Å². The lowest BCUT2D eigenvalue weighted by Crippen LogP contribution is -2.50. The van der Waals surface area contributed by atoms with Crippen LogP contribution in [-0.4, -0.2) is 68.9 Å². The number of ether oxygens (including phenoxy) is 1. The van der Waals surface area contributed by atoms with Crippen LogP contribution in [0.15, 0.2) is 63.9 Å². The van der Waals surface area contributed by atoms with Crippen molar-refractivity contribution >= 4 is 21.8 Å². The molecule has 8 heteroatoms. The molecule has 4 rings (SSSR count). The summed E-state index contributed by atoms with van der Waals surface area (Å²) in [5.74, 6) is 0.211. The quantitative estimate of drug-likeness (QED) is 0.714. The van der Waals surface area contributed by atoms with Crippen LogP contribution in [0.5, 0.6) is 0 Å². The SMILES string of the molecule is C[C@H](CN1CCN(C2=NS(=O)(=O)c3ccccc32)CC1)OC(=O)c1ccccc1. The molecule has 0 radical (unpaired) electrons. The van der Waals surface area contributed by atoms with Crippen LogP contribution < -0.4 is 0 Å². The van der Waals surface area contributed by atoms with E-state index in [9.17, 15) is 13.2 Å². The lowest BCUT2D eigenvalue weighted by atomic mass is 10.1. The summed E-state index contributed by atoms with van der Waals surface area (Å²) >= 11 is 0. The minimum Gasteiger partial charge on any atom is -0.458 e. The van der Waals surface area contributed by atoms with Crippen LogP contribution in [0.3, 0.4) is 0 Å². The van der Waals surface area contributed by atoms with Gasteiger partial charge in [-0.15, -0.1) is 4.40 Å². The van der Waals surface area contributed by atoms with Crippen LogP contribution in [0, 0.1) is 0 Å². The van der Waals surface area contributed by atoms with Crippen LogP contribution in [0.25, 0.3) is 0 Å². The third-order valence-corrected chi connectivity index (χ3v) is 6.44. The van der Waals surface area contributed by atoms with Gasteiger partial charge in [0.05, 0.1) is 5.56 Å². The van der Waals surface area contributed by atoms with E-state index < -0.39 is 10.0 Å². The topological polar surface area (TPSA) is 79.3 Å². The van der Waals surface area contributed by atoms with Crippen molar-refractivity contribution in [2.45, 2.75) is 17.9 Å². The zero-order chi connectivity index (χ0) is 20.4. The highest BCUT2D eigenvalue weighted by atomic mass is 32.2. The molecule has 152 valence electrons. The third-order valence-electron chi connectivity index (χ3n) is 5.12. The van der Waals surface area contributed by atoms with Crippen LogP contribution in [-0.2, 0) is 14.8 Å². The number of nitrogens with zero attached hydrogens (tertiary/aromatic N) is 3. The first kappa shape index (κ1) is 19.6. The van der Waals surface area contributed by atoms with Gasteiger partial charge < -0.3 is 9.64 Å². The molecule has 1 saturated heterocycles. The maximum atomic E-state index is 12.3. The summed E-state index contributed by atoms with van der Waals surface area (Å²) in [6, 6.07) is 15.9. The van der Waals surface area contributed by atoms with E-state index in [0.717, 1.165) is 13.1 Å². The van der Waals surface area contributed by atoms with E-state index in [4.69, 9.17) is 4.74 Å². The predicted octanol–water partition coefficient (Wildman–Crippen LogP) is 2.00. The maximum Gasteiger partial charge on any atom is 0.338 e. The van der Waals surface area contributed by atoms with E-state index in [1.807, 2.05) is 36.1 Å². The number of carbonyl (C=O) groups excluding carboxylic acids is 1. The normalized spacial score (nSPS) is 19.3. The van der Waals surface area contributed by atoms with Gasteiger partial charge in [-0.25, -0.2) is 4.79 Å². The second kappa shape index (κ2) is 7.96. The van der Waals surface area contributed by atoms with E-state index in [1.54, 1.807) is 30.3 Å². The smallest absolute Gasteiger partial charge is 0.338 e. The lowest BCUT2D eigenvalue weighted by molar-refractivity contribution is 0.0221. The van der Waals surface area contributed by atoms with Gasteiger partial charge in [-0.2, -0.15) is 8.42 Å². The predicted molar refractivity (Wildman–Crippen MR) is 109 cm³/mol. The highest BCUT2D eigenvalue weighted by molar-refractivity contribution is 7.90. The second-order valence-electron chi connectivity index (χ2n) is 7.26. The molecule has 0 aromatic heterocycles. The van der Waals surface area contributed by atoms with Crippen molar-refractivity contribution in [2.75, 3.05) is 32.7 Å². The number of benzene rings is 2. The number of amidine groups is 1. The number of piperazine rings is 1. The van der Waals surface area contributed by atoms with Crippen LogP contribution in [0.1, 0.15) is 22.8 Å². The Kier molecular flexibility index (Phi) is 5.38. The molecule has 29 heavy (non-hydrogen) atoms. The molecule has 2 aliphatic rings. The summed E-state index contributed by atoms with van der Waals surface area (Å²) in [7, 11) is -3.60. The van der Waals surface area contributed by atoms with E-state index >= 15 is 0 Å². The number of sulfonamides is 1. The zero-order valence-corrected chi connectivity index (χ0v) is 17.0. The van der Waals surface area contributed by atoms with Gasteiger partial charge in [0.1, 0.15) is 11.0 Å². The van der Waals surface area contributed by atoms with E-state index in [0.29, 0.717) is 36.6 Å². The van der Waals surface area contributed by atoms with Crippen molar-refractivity contribution < 1.29 is 17.9 Å². The average Bonchev–Trinajstić information content (AvgIpc) is 3.00. The fraction of sp³-hybridized carbons (Fsp3) is 0.333. The standard InChI is InChI=1S/C21H23N3O4S/c1-16(28-21(25)17-7-3-2-4-8-17)15-23-11-13-24(14-12-23)20-18-9-5-6-10-19(18)29(26,27)22-20/h2-10,16H,11-15H2,1H3/t16-/m1/s1. The summed E-state index contributed by atoms with van der Waals surface area (Å²) in [4.78, 5) is 16.7. The van der Waals surface area contributed by atoms with Gasteiger partial charge in [0.15, 0.2) is 5.84 Å². The van der Waals surface area contributed by atoms with Crippen molar-refractivity contribution in [1.29, 1.82) is 0 Å². The third kappa shape index (κ3) is 4.18. The molecule has 0 amide bonds. The molecule has 0 unspecified atom stereocenters. The molecular formula is C21H23N3O4S. The number of rotatable bonds is 4. The molecule has 0 saturated carbocycles. The molecule has 1 fully saturated rings. The van der Waals surface area contributed by atoms with Gasteiger partial charge in [-0.1, -0.05) is 30.3 Å². The van der Waals surface area contributed by atoms with Crippen LogP contribution in [0.2, 0.25) is 0 Å². The van der Waals surface area contributed by atoms with Gasteiger partial charge in [0, 0.05) is 38.3 Å². The van der Waals surface area contributed by atoms with Gasteiger partial charge >= 0.3 is 5.97 Å². The molecule has 2 aromatic carbocycles. The minimum atomic E-state index is -3.60. The first-order chi connectivity index (χ1) is 13.9. The highest BCUT2D eigenvalue weighted by Gasteiger charge is 2.33. The van der Waals surface area contributed by atoms with Gasteiger partial charge in [-0.05, 0) is 31.2 Å². The molecule has 2 heterocycles. The summed E-state index contributed by atoms with van der Waals surface area (Å²) in [5, 5.41) is 0. The van der Waals surface area contributed by atoms with Crippen molar-refractivity contribution in [2.24, 2.45) is 4.40 Å². The van der Waals surface area contributed by atoms with Gasteiger partial charge in [-0.3, -0.25) is 4.90 Å². The Balaban J connectivity index is 1.33. The maximum absolute atomic E-state index is 12.3. The fourth-order valence-electron chi connectivity index (χ4n) is 3.68. The fourth-order valence-corrected chi connectivity index (χ4v) is 4.91. The Morgan fingerprint density at radius 3 is 2.41 bits per heavy atom. The van der Waals surface area contributed by atoms with E-state index in [2.05, 4.69) is 9.30 Å².